The van der Waals surface area contributed by atoms with Gasteiger partial charge in [-0.05, 0) is 35.8 Å². The fraction of sp³-hybridized carbons (Fsp3) is 0.444. The summed E-state index contributed by atoms with van der Waals surface area (Å²) < 4.78 is 2.08. The summed E-state index contributed by atoms with van der Waals surface area (Å²) in [6, 6.07) is 11.1. The zero-order chi connectivity index (χ0) is 15.1. The molecule has 0 amide bonds. The summed E-state index contributed by atoms with van der Waals surface area (Å²) in [4.78, 5) is 2.43. The first-order chi connectivity index (χ1) is 10.2. The molecule has 0 spiro atoms. The first-order valence-electron chi connectivity index (χ1n) is 7.83. The average Bonchev–Trinajstić information content (AvgIpc) is 2.92. The van der Waals surface area contributed by atoms with Crippen molar-refractivity contribution in [1.29, 1.82) is 0 Å². The van der Waals surface area contributed by atoms with Crippen LogP contribution >= 0.6 is 0 Å². The molecule has 0 atom stereocenters. The normalized spacial score (nSPS) is 11.2. The molecule has 0 radical (unpaired) electrons. The number of rotatable bonds is 8. The Bertz CT molecular complexity index is 524. The molecule has 3 nitrogen and oxygen atoms in total. The number of nitrogens with one attached hydrogen (secondary N) is 1. The summed E-state index contributed by atoms with van der Waals surface area (Å²) in [5.41, 5.74) is 4.07. The van der Waals surface area contributed by atoms with Gasteiger partial charge in [-0.2, -0.15) is 0 Å². The third-order valence-corrected chi connectivity index (χ3v) is 3.88. The van der Waals surface area contributed by atoms with Crippen LogP contribution in [0.15, 0.2) is 42.7 Å². The molecule has 1 aromatic carbocycles. The maximum absolute atomic E-state index is 3.49. The molecule has 21 heavy (non-hydrogen) atoms. The molecule has 1 N–H and O–H groups in total. The third-order valence-electron chi connectivity index (χ3n) is 3.88. The molecule has 2 aromatic rings. The minimum atomic E-state index is 0.917. The smallest absolute Gasteiger partial charge is 0.0233 e. The van der Waals surface area contributed by atoms with Crippen molar-refractivity contribution >= 4 is 0 Å². The minimum absolute atomic E-state index is 0.917. The lowest BCUT2D eigenvalue weighted by Crippen LogP contribution is -2.22. The Labute approximate surface area is 128 Å². The van der Waals surface area contributed by atoms with Gasteiger partial charge in [-0.25, -0.2) is 0 Å². The van der Waals surface area contributed by atoms with Gasteiger partial charge in [-0.1, -0.05) is 38.1 Å². The van der Waals surface area contributed by atoms with Crippen molar-refractivity contribution in [2.75, 3.05) is 13.1 Å². The van der Waals surface area contributed by atoms with Crippen LogP contribution in [0.2, 0.25) is 0 Å². The van der Waals surface area contributed by atoms with Gasteiger partial charge in [0.05, 0.1) is 0 Å². The topological polar surface area (TPSA) is 20.2 Å². The summed E-state index contributed by atoms with van der Waals surface area (Å²) >= 11 is 0. The van der Waals surface area contributed by atoms with Crippen molar-refractivity contribution in [2.45, 2.75) is 33.5 Å². The van der Waals surface area contributed by atoms with E-state index in [4.69, 9.17) is 0 Å². The van der Waals surface area contributed by atoms with E-state index in [-0.39, 0.29) is 0 Å². The van der Waals surface area contributed by atoms with E-state index in [9.17, 15) is 0 Å². The quantitative estimate of drug-likeness (QED) is 0.804. The molecule has 0 aliphatic heterocycles. The van der Waals surface area contributed by atoms with E-state index < -0.39 is 0 Å². The van der Waals surface area contributed by atoms with Crippen molar-refractivity contribution in [1.82, 2.24) is 14.8 Å². The van der Waals surface area contributed by atoms with Gasteiger partial charge in [0, 0.05) is 39.1 Å². The molecule has 0 unspecified atom stereocenters. The molecule has 0 aliphatic rings. The largest absolute Gasteiger partial charge is 0.357 e. The monoisotopic (exact) mass is 285 g/mol. The van der Waals surface area contributed by atoms with E-state index in [0.29, 0.717) is 0 Å². The van der Waals surface area contributed by atoms with Crippen molar-refractivity contribution < 1.29 is 0 Å². The third kappa shape index (κ3) is 5.03. The van der Waals surface area contributed by atoms with E-state index >= 15 is 0 Å². The molecule has 0 fully saturated rings. The molecular formula is C18H27N3. The van der Waals surface area contributed by atoms with Gasteiger partial charge in [0.2, 0.25) is 0 Å². The van der Waals surface area contributed by atoms with Crippen LogP contribution in [-0.2, 0) is 26.7 Å². The Morgan fingerprint density at radius 1 is 0.905 bits per heavy atom. The molecule has 2 rings (SSSR count). The van der Waals surface area contributed by atoms with Crippen molar-refractivity contribution in [3.8, 4) is 0 Å². The van der Waals surface area contributed by atoms with Gasteiger partial charge in [0.15, 0.2) is 0 Å². The van der Waals surface area contributed by atoms with Crippen LogP contribution in [0.1, 0.15) is 30.5 Å². The lowest BCUT2D eigenvalue weighted by molar-refractivity contribution is 0.296. The van der Waals surface area contributed by atoms with Crippen LogP contribution in [0, 0.1) is 0 Å². The minimum Gasteiger partial charge on any atom is -0.357 e. The standard InChI is InChI=1S/C18H27N3/c1-4-21(5-2)15-17-8-6-16(7-9-17)12-19-13-18-10-11-20(3)14-18/h6-11,14,19H,4-5,12-13,15H2,1-3H3. The fourth-order valence-electron chi connectivity index (χ4n) is 2.48. The highest BCUT2D eigenvalue weighted by Crippen LogP contribution is 2.08. The molecule has 0 saturated carbocycles. The second kappa shape index (κ2) is 8.01. The zero-order valence-electron chi connectivity index (χ0n) is 13.5. The molecular weight excluding hydrogens is 258 g/mol. The number of benzene rings is 1. The highest BCUT2D eigenvalue weighted by molar-refractivity contribution is 5.22. The lowest BCUT2D eigenvalue weighted by atomic mass is 10.1. The van der Waals surface area contributed by atoms with Crippen LogP contribution in [0.25, 0.3) is 0 Å². The second-order valence-electron chi connectivity index (χ2n) is 5.57. The maximum atomic E-state index is 3.49. The van der Waals surface area contributed by atoms with Crippen molar-refractivity contribution in [3.63, 3.8) is 0 Å². The SMILES string of the molecule is CCN(CC)Cc1ccc(CNCc2ccn(C)c2)cc1. The second-order valence-corrected chi connectivity index (χ2v) is 5.57. The fourth-order valence-corrected chi connectivity index (χ4v) is 2.48. The molecule has 114 valence electrons. The predicted molar refractivity (Wildman–Crippen MR) is 89.0 cm³/mol. The summed E-state index contributed by atoms with van der Waals surface area (Å²) in [5.74, 6) is 0. The number of hydrogen-bond donors (Lipinski definition) is 1. The highest BCUT2D eigenvalue weighted by Gasteiger charge is 2.01. The van der Waals surface area contributed by atoms with Gasteiger partial charge in [0.1, 0.15) is 0 Å². The molecule has 3 heteroatoms. The maximum Gasteiger partial charge on any atom is 0.0233 e. The van der Waals surface area contributed by atoms with Crippen LogP contribution in [0.3, 0.4) is 0 Å². The van der Waals surface area contributed by atoms with Gasteiger partial charge in [-0.15, -0.1) is 0 Å². The van der Waals surface area contributed by atoms with Crippen LogP contribution in [-0.4, -0.2) is 22.6 Å². The Hall–Kier alpha value is -1.58. The molecule has 1 heterocycles. The summed E-state index contributed by atoms with van der Waals surface area (Å²) in [6.45, 7) is 9.53. The molecule has 0 saturated heterocycles. The number of hydrogen-bond acceptors (Lipinski definition) is 2. The number of nitrogens with zero attached hydrogens (tertiary/aromatic N) is 2. The van der Waals surface area contributed by atoms with Crippen LogP contribution in [0.4, 0.5) is 0 Å². The first-order valence-corrected chi connectivity index (χ1v) is 7.83. The number of aromatic nitrogens is 1. The molecule has 0 bridgehead atoms. The Morgan fingerprint density at radius 2 is 1.52 bits per heavy atom. The highest BCUT2D eigenvalue weighted by atomic mass is 15.1. The summed E-state index contributed by atoms with van der Waals surface area (Å²) in [5, 5.41) is 3.49. The van der Waals surface area contributed by atoms with Crippen LogP contribution in [0.5, 0.6) is 0 Å². The van der Waals surface area contributed by atoms with Gasteiger partial charge in [0.25, 0.3) is 0 Å². The van der Waals surface area contributed by atoms with Gasteiger partial charge >= 0.3 is 0 Å². The Balaban J connectivity index is 1.79. The average molecular weight is 285 g/mol. The van der Waals surface area contributed by atoms with Gasteiger partial charge in [-0.3, -0.25) is 4.90 Å². The van der Waals surface area contributed by atoms with E-state index in [1.165, 1.54) is 16.7 Å². The number of aryl methyl sites for hydroxylation is 1. The Morgan fingerprint density at radius 3 is 2.10 bits per heavy atom. The predicted octanol–water partition coefficient (Wildman–Crippen LogP) is 3.16. The molecule has 0 aliphatic carbocycles. The lowest BCUT2D eigenvalue weighted by Gasteiger charge is -2.18. The molecule has 1 aromatic heterocycles. The van der Waals surface area contributed by atoms with E-state index in [0.717, 1.165) is 32.7 Å². The van der Waals surface area contributed by atoms with Crippen molar-refractivity contribution in [2.24, 2.45) is 7.05 Å². The Kier molecular flexibility index (Phi) is 6.03. The first kappa shape index (κ1) is 15.8. The van der Waals surface area contributed by atoms with E-state index in [1.807, 2.05) is 0 Å². The van der Waals surface area contributed by atoms with Gasteiger partial charge < -0.3 is 9.88 Å². The zero-order valence-corrected chi connectivity index (χ0v) is 13.5. The van der Waals surface area contributed by atoms with Crippen LogP contribution < -0.4 is 5.32 Å². The summed E-state index contributed by atoms with van der Waals surface area (Å²) in [7, 11) is 2.05. The van der Waals surface area contributed by atoms with E-state index in [1.54, 1.807) is 0 Å². The van der Waals surface area contributed by atoms with Crippen molar-refractivity contribution in [3.05, 3.63) is 59.4 Å². The summed E-state index contributed by atoms with van der Waals surface area (Å²) in [6.07, 6.45) is 4.24. The van der Waals surface area contributed by atoms with E-state index in [2.05, 4.69) is 78.4 Å².